The number of carbonyl (C=O) groups is 1. The number of anilines is 1. The summed E-state index contributed by atoms with van der Waals surface area (Å²) in [6, 6.07) is 18.2. The van der Waals surface area contributed by atoms with E-state index >= 15 is 0 Å². The number of benzene rings is 2. The van der Waals surface area contributed by atoms with Crippen LogP contribution in [0.15, 0.2) is 59.8 Å². The van der Waals surface area contributed by atoms with Crippen LogP contribution in [0.3, 0.4) is 0 Å². The third-order valence-electron chi connectivity index (χ3n) is 5.24. The minimum Gasteiger partial charge on any atom is -0.325 e. The summed E-state index contributed by atoms with van der Waals surface area (Å²) in [4.78, 5) is 14.9. The number of thioether (sulfide) groups is 1. The van der Waals surface area contributed by atoms with Crippen molar-refractivity contribution >= 4 is 23.4 Å². The fourth-order valence-corrected chi connectivity index (χ4v) is 4.50. The SMILES string of the molecule is CCn1c(SCC(=O)Nc2ccc(CN3CCCC3)cc2)nnc1-c1ccccc1. The summed E-state index contributed by atoms with van der Waals surface area (Å²) < 4.78 is 2.04. The first kappa shape index (κ1) is 20.6. The molecule has 0 unspecified atom stereocenters. The molecule has 0 saturated carbocycles. The number of likely N-dealkylation sites (tertiary alicyclic amines) is 1. The Balaban J connectivity index is 1.32. The molecule has 6 nitrogen and oxygen atoms in total. The molecule has 3 aromatic rings. The second kappa shape index (κ2) is 9.91. The molecule has 2 aromatic carbocycles. The Labute approximate surface area is 181 Å². The molecule has 1 aliphatic rings. The molecular formula is C23H27N5OS. The zero-order valence-corrected chi connectivity index (χ0v) is 18.1. The van der Waals surface area contributed by atoms with E-state index in [-0.39, 0.29) is 5.91 Å². The zero-order chi connectivity index (χ0) is 20.8. The molecule has 1 aliphatic heterocycles. The molecular weight excluding hydrogens is 394 g/mol. The van der Waals surface area contributed by atoms with Gasteiger partial charge in [-0.15, -0.1) is 10.2 Å². The average molecular weight is 422 g/mol. The van der Waals surface area contributed by atoms with Gasteiger partial charge in [0.2, 0.25) is 5.91 Å². The first-order valence-corrected chi connectivity index (χ1v) is 11.4. The molecule has 1 aromatic heterocycles. The number of nitrogens with zero attached hydrogens (tertiary/aromatic N) is 4. The van der Waals surface area contributed by atoms with Crippen molar-refractivity contribution in [3.63, 3.8) is 0 Å². The maximum atomic E-state index is 12.4. The van der Waals surface area contributed by atoms with Crippen LogP contribution in [0, 0.1) is 0 Å². The summed E-state index contributed by atoms with van der Waals surface area (Å²) in [6.45, 7) is 6.16. The van der Waals surface area contributed by atoms with Crippen LogP contribution in [-0.2, 0) is 17.9 Å². The van der Waals surface area contributed by atoms with Gasteiger partial charge >= 0.3 is 0 Å². The fraction of sp³-hybridized carbons (Fsp3) is 0.348. The molecule has 0 aliphatic carbocycles. The van der Waals surface area contributed by atoms with Crippen LogP contribution in [0.5, 0.6) is 0 Å². The molecule has 1 saturated heterocycles. The van der Waals surface area contributed by atoms with Crippen molar-refractivity contribution in [2.75, 3.05) is 24.2 Å². The number of amides is 1. The van der Waals surface area contributed by atoms with Gasteiger partial charge in [-0.2, -0.15) is 0 Å². The van der Waals surface area contributed by atoms with Crippen LogP contribution in [0.25, 0.3) is 11.4 Å². The first-order valence-electron chi connectivity index (χ1n) is 10.5. The molecule has 1 fully saturated rings. The number of carbonyl (C=O) groups excluding carboxylic acids is 1. The number of nitrogens with one attached hydrogen (secondary N) is 1. The molecule has 30 heavy (non-hydrogen) atoms. The van der Waals surface area contributed by atoms with Crippen LogP contribution in [0.2, 0.25) is 0 Å². The standard InChI is InChI=1S/C23H27N5OS/c1-2-28-22(19-8-4-3-5-9-19)25-26-23(28)30-17-21(29)24-20-12-10-18(11-13-20)16-27-14-6-7-15-27/h3-5,8-13H,2,6-7,14-17H2,1H3,(H,24,29). The minimum atomic E-state index is -0.0424. The van der Waals surface area contributed by atoms with Gasteiger partial charge in [0.25, 0.3) is 0 Å². The molecule has 4 rings (SSSR count). The van der Waals surface area contributed by atoms with Gasteiger partial charge in [-0.1, -0.05) is 54.2 Å². The predicted molar refractivity (Wildman–Crippen MR) is 121 cm³/mol. The lowest BCUT2D eigenvalue weighted by Gasteiger charge is -2.14. The topological polar surface area (TPSA) is 63.1 Å². The molecule has 1 N–H and O–H groups in total. The Morgan fingerprint density at radius 3 is 2.47 bits per heavy atom. The maximum Gasteiger partial charge on any atom is 0.234 e. The molecule has 0 radical (unpaired) electrons. The Bertz CT molecular complexity index is 965. The smallest absolute Gasteiger partial charge is 0.234 e. The quantitative estimate of drug-likeness (QED) is 0.550. The highest BCUT2D eigenvalue weighted by Crippen LogP contribution is 2.24. The van der Waals surface area contributed by atoms with Crippen LogP contribution >= 0.6 is 11.8 Å². The number of aromatic nitrogens is 3. The number of rotatable bonds is 8. The fourth-order valence-electron chi connectivity index (χ4n) is 3.70. The summed E-state index contributed by atoms with van der Waals surface area (Å²) >= 11 is 1.41. The van der Waals surface area contributed by atoms with Crippen LogP contribution in [0.4, 0.5) is 5.69 Å². The molecule has 2 heterocycles. The second-order valence-electron chi connectivity index (χ2n) is 7.43. The highest BCUT2D eigenvalue weighted by molar-refractivity contribution is 7.99. The molecule has 156 valence electrons. The van der Waals surface area contributed by atoms with Gasteiger partial charge in [0.1, 0.15) is 0 Å². The molecule has 0 spiro atoms. The van der Waals surface area contributed by atoms with Gasteiger partial charge in [0.05, 0.1) is 5.75 Å². The Hall–Kier alpha value is -2.64. The van der Waals surface area contributed by atoms with Gasteiger partial charge in [0, 0.05) is 24.3 Å². The van der Waals surface area contributed by atoms with E-state index in [4.69, 9.17) is 0 Å². The van der Waals surface area contributed by atoms with Crippen molar-refractivity contribution in [3.8, 4) is 11.4 Å². The van der Waals surface area contributed by atoms with Crippen molar-refractivity contribution < 1.29 is 4.79 Å². The van der Waals surface area contributed by atoms with Crippen LogP contribution in [-0.4, -0.2) is 44.4 Å². The Kier molecular flexibility index (Phi) is 6.81. The lowest BCUT2D eigenvalue weighted by Crippen LogP contribution is -2.18. The van der Waals surface area contributed by atoms with E-state index in [1.165, 1.54) is 43.3 Å². The Morgan fingerprint density at radius 2 is 1.77 bits per heavy atom. The van der Waals surface area contributed by atoms with E-state index in [2.05, 4.69) is 39.5 Å². The van der Waals surface area contributed by atoms with Crippen molar-refractivity contribution in [1.82, 2.24) is 19.7 Å². The number of hydrogen-bond acceptors (Lipinski definition) is 5. The lowest BCUT2D eigenvalue weighted by atomic mass is 10.2. The van der Waals surface area contributed by atoms with Crippen molar-refractivity contribution in [2.24, 2.45) is 0 Å². The van der Waals surface area contributed by atoms with E-state index in [1.807, 2.05) is 47.0 Å². The van der Waals surface area contributed by atoms with Crippen molar-refractivity contribution in [2.45, 2.75) is 38.0 Å². The molecule has 0 atom stereocenters. The summed E-state index contributed by atoms with van der Waals surface area (Å²) in [6.07, 6.45) is 2.59. The van der Waals surface area contributed by atoms with Crippen molar-refractivity contribution in [3.05, 3.63) is 60.2 Å². The first-order chi connectivity index (χ1) is 14.7. The summed E-state index contributed by atoms with van der Waals surface area (Å²) in [7, 11) is 0. The summed E-state index contributed by atoms with van der Waals surface area (Å²) in [5.74, 6) is 1.08. The monoisotopic (exact) mass is 421 g/mol. The highest BCUT2D eigenvalue weighted by atomic mass is 32.2. The third-order valence-corrected chi connectivity index (χ3v) is 6.21. The number of hydrogen-bond donors (Lipinski definition) is 1. The van der Waals surface area contributed by atoms with Crippen LogP contribution in [0.1, 0.15) is 25.3 Å². The largest absolute Gasteiger partial charge is 0.325 e. The van der Waals surface area contributed by atoms with Crippen LogP contribution < -0.4 is 5.32 Å². The molecule has 7 heteroatoms. The minimum absolute atomic E-state index is 0.0424. The maximum absolute atomic E-state index is 12.4. The normalized spacial score (nSPS) is 14.2. The van der Waals surface area contributed by atoms with Crippen molar-refractivity contribution in [1.29, 1.82) is 0 Å². The predicted octanol–water partition coefficient (Wildman–Crippen LogP) is 4.29. The Morgan fingerprint density at radius 1 is 1.03 bits per heavy atom. The summed E-state index contributed by atoms with van der Waals surface area (Å²) in [5, 5.41) is 12.4. The van der Waals surface area contributed by atoms with E-state index in [9.17, 15) is 4.79 Å². The highest BCUT2D eigenvalue weighted by Gasteiger charge is 2.15. The van der Waals surface area contributed by atoms with E-state index in [0.717, 1.165) is 35.3 Å². The lowest BCUT2D eigenvalue weighted by molar-refractivity contribution is -0.113. The van der Waals surface area contributed by atoms with E-state index in [0.29, 0.717) is 5.75 Å². The second-order valence-corrected chi connectivity index (χ2v) is 8.38. The molecule has 0 bridgehead atoms. The van der Waals surface area contributed by atoms with E-state index < -0.39 is 0 Å². The third kappa shape index (κ3) is 5.09. The zero-order valence-electron chi connectivity index (χ0n) is 17.3. The molecule has 1 amide bonds. The average Bonchev–Trinajstić information content (AvgIpc) is 3.44. The van der Waals surface area contributed by atoms with Gasteiger partial charge < -0.3 is 9.88 Å². The van der Waals surface area contributed by atoms with Gasteiger partial charge in [-0.3, -0.25) is 9.69 Å². The van der Waals surface area contributed by atoms with Gasteiger partial charge in [-0.05, 0) is 50.6 Å². The summed E-state index contributed by atoms with van der Waals surface area (Å²) in [5.41, 5.74) is 3.14. The van der Waals surface area contributed by atoms with Gasteiger partial charge in [-0.25, -0.2) is 0 Å². The van der Waals surface area contributed by atoms with E-state index in [1.54, 1.807) is 0 Å². The van der Waals surface area contributed by atoms with Gasteiger partial charge in [0.15, 0.2) is 11.0 Å².